The van der Waals surface area contributed by atoms with Gasteiger partial charge < -0.3 is 0 Å². The molecule has 72 valence electrons. The largest absolute Gasteiger partial charge is 0.366 e. The number of hydrogen-bond acceptors (Lipinski definition) is 2. The van der Waals surface area contributed by atoms with Gasteiger partial charge in [0.25, 0.3) is 0 Å². The van der Waals surface area contributed by atoms with Gasteiger partial charge in [0.1, 0.15) is 0 Å². The van der Waals surface area contributed by atoms with E-state index in [4.69, 9.17) is 0 Å². The number of hydrazine groups is 1. The van der Waals surface area contributed by atoms with Gasteiger partial charge in [0.15, 0.2) is 0 Å². The van der Waals surface area contributed by atoms with E-state index in [2.05, 4.69) is 17.0 Å². The van der Waals surface area contributed by atoms with Crippen molar-refractivity contribution >= 4 is 18.7 Å². The van der Waals surface area contributed by atoms with Gasteiger partial charge in [-0.15, -0.1) is 0 Å². The van der Waals surface area contributed by atoms with Crippen molar-refractivity contribution in [2.75, 3.05) is 0 Å². The third kappa shape index (κ3) is 4.73. The molecule has 13 heavy (non-hydrogen) atoms. The molecule has 0 spiro atoms. The van der Waals surface area contributed by atoms with Crippen LogP contribution >= 0.6 is 0 Å². The standard InChI is InChI=1S/C8H13N3O2/c1-3-5-6-9-8(13)11(4-2)10-7-12/h4,6-7H,2-3,5H2,1H3,(H,10,12). The Labute approximate surface area is 77.1 Å². The number of carbonyl (C=O) groups is 2. The fraction of sp³-hybridized carbons (Fsp3) is 0.375. The van der Waals surface area contributed by atoms with Gasteiger partial charge in [0.2, 0.25) is 6.41 Å². The molecule has 0 unspecified atom stereocenters. The molecule has 1 N–H and O–H groups in total. The molecule has 0 aliphatic rings. The van der Waals surface area contributed by atoms with Crippen LogP contribution in [0.4, 0.5) is 4.79 Å². The van der Waals surface area contributed by atoms with Crippen molar-refractivity contribution in [2.45, 2.75) is 19.8 Å². The second-order valence-corrected chi connectivity index (χ2v) is 2.18. The Morgan fingerprint density at radius 2 is 2.38 bits per heavy atom. The van der Waals surface area contributed by atoms with Gasteiger partial charge in [-0.25, -0.2) is 14.8 Å². The summed E-state index contributed by atoms with van der Waals surface area (Å²) < 4.78 is 0. The first-order valence-corrected chi connectivity index (χ1v) is 3.94. The summed E-state index contributed by atoms with van der Waals surface area (Å²) in [6, 6.07) is -0.560. The molecule has 0 saturated carbocycles. The van der Waals surface area contributed by atoms with Crippen LogP contribution in [0.2, 0.25) is 0 Å². The van der Waals surface area contributed by atoms with E-state index in [0.29, 0.717) is 6.41 Å². The molecule has 0 saturated heterocycles. The minimum absolute atomic E-state index is 0.384. The van der Waals surface area contributed by atoms with E-state index >= 15 is 0 Å². The number of rotatable bonds is 5. The fourth-order valence-electron chi connectivity index (χ4n) is 0.577. The predicted octanol–water partition coefficient (Wildman–Crippen LogP) is 1.08. The summed E-state index contributed by atoms with van der Waals surface area (Å²) in [4.78, 5) is 24.7. The zero-order valence-corrected chi connectivity index (χ0v) is 7.56. The number of urea groups is 1. The maximum Gasteiger partial charge on any atom is 0.366 e. The Hall–Kier alpha value is -1.65. The molecule has 0 rings (SSSR count). The molecule has 0 aromatic carbocycles. The molecule has 0 aromatic heterocycles. The normalized spacial score (nSPS) is 9.62. The lowest BCUT2D eigenvalue weighted by Crippen LogP contribution is -2.35. The summed E-state index contributed by atoms with van der Waals surface area (Å²) in [7, 11) is 0. The van der Waals surface area contributed by atoms with Gasteiger partial charge in [0.05, 0.1) is 0 Å². The highest BCUT2D eigenvalue weighted by atomic mass is 16.2. The summed E-state index contributed by atoms with van der Waals surface area (Å²) >= 11 is 0. The first-order valence-electron chi connectivity index (χ1n) is 3.94. The highest BCUT2D eigenvalue weighted by molar-refractivity contribution is 5.84. The number of unbranched alkanes of at least 4 members (excludes halogenated alkanes) is 1. The summed E-state index contributed by atoms with van der Waals surface area (Å²) in [6.07, 6.45) is 4.73. The van der Waals surface area contributed by atoms with Crippen LogP contribution in [0.25, 0.3) is 0 Å². The van der Waals surface area contributed by atoms with Crippen LogP contribution in [-0.2, 0) is 4.79 Å². The van der Waals surface area contributed by atoms with Crippen LogP contribution in [0.3, 0.4) is 0 Å². The zero-order chi connectivity index (χ0) is 10.1. The molecule has 0 heterocycles. The molecular weight excluding hydrogens is 170 g/mol. The fourth-order valence-corrected chi connectivity index (χ4v) is 0.577. The van der Waals surface area contributed by atoms with Crippen molar-refractivity contribution < 1.29 is 9.59 Å². The third-order valence-corrected chi connectivity index (χ3v) is 1.20. The van der Waals surface area contributed by atoms with Crippen molar-refractivity contribution in [3.63, 3.8) is 0 Å². The van der Waals surface area contributed by atoms with Gasteiger partial charge in [-0.05, 0) is 6.42 Å². The van der Waals surface area contributed by atoms with E-state index in [1.165, 1.54) is 12.4 Å². The number of nitrogens with one attached hydrogen (secondary N) is 1. The SMILES string of the molecule is C=CN(NC=O)C(=O)N=CCCC. The first kappa shape index (κ1) is 11.4. The average Bonchev–Trinajstić information content (AvgIpc) is 2.14. The molecule has 0 fully saturated rings. The Morgan fingerprint density at radius 1 is 1.69 bits per heavy atom. The number of hydrogen-bond donors (Lipinski definition) is 1. The molecule has 0 radical (unpaired) electrons. The van der Waals surface area contributed by atoms with Gasteiger partial charge in [-0.3, -0.25) is 10.2 Å². The topological polar surface area (TPSA) is 61.8 Å². The molecule has 5 heteroatoms. The lowest BCUT2D eigenvalue weighted by atomic mass is 10.4. The molecule has 0 atom stereocenters. The predicted molar refractivity (Wildman–Crippen MR) is 50.0 cm³/mol. The maximum atomic E-state index is 11.1. The summed E-state index contributed by atoms with van der Waals surface area (Å²) in [5, 5.41) is 0.902. The highest BCUT2D eigenvalue weighted by Gasteiger charge is 2.04. The van der Waals surface area contributed by atoms with Crippen molar-refractivity contribution in [3.8, 4) is 0 Å². The van der Waals surface area contributed by atoms with Gasteiger partial charge in [-0.2, -0.15) is 0 Å². The second kappa shape index (κ2) is 7.02. The molecule has 3 amide bonds. The van der Waals surface area contributed by atoms with E-state index in [1.54, 1.807) is 0 Å². The van der Waals surface area contributed by atoms with E-state index in [1.807, 2.05) is 6.92 Å². The molecule has 0 aliphatic heterocycles. The van der Waals surface area contributed by atoms with E-state index in [9.17, 15) is 9.59 Å². The quantitative estimate of drug-likeness (QED) is 0.394. The van der Waals surface area contributed by atoms with Crippen LogP contribution in [-0.4, -0.2) is 23.7 Å². The molecule has 0 bridgehead atoms. The number of amides is 3. The van der Waals surface area contributed by atoms with Crippen LogP contribution in [0, 0.1) is 0 Å². The lowest BCUT2D eigenvalue weighted by molar-refractivity contribution is -0.112. The summed E-state index contributed by atoms with van der Waals surface area (Å²) in [5.74, 6) is 0. The van der Waals surface area contributed by atoms with Crippen LogP contribution in [0.1, 0.15) is 19.8 Å². The number of nitrogens with zero attached hydrogens (tertiary/aromatic N) is 2. The lowest BCUT2D eigenvalue weighted by Gasteiger charge is -2.11. The van der Waals surface area contributed by atoms with E-state index in [0.717, 1.165) is 17.9 Å². The number of carbonyl (C=O) groups excluding carboxylic acids is 2. The van der Waals surface area contributed by atoms with Crippen molar-refractivity contribution in [3.05, 3.63) is 12.8 Å². The van der Waals surface area contributed by atoms with Crippen molar-refractivity contribution in [1.82, 2.24) is 10.4 Å². The van der Waals surface area contributed by atoms with Crippen LogP contribution < -0.4 is 5.43 Å². The van der Waals surface area contributed by atoms with E-state index < -0.39 is 6.03 Å². The van der Waals surface area contributed by atoms with Gasteiger partial charge in [-0.1, -0.05) is 19.9 Å². The number of aliphatic imine (C=N–C) groups is 1. The Morgan fingerprint density at radius 3 is 2.85 bits per heavy atom. The van der Waals surface area contributed by atoms with Gasteiger partial charge >= 0.3 is 6.03 Å². The Kier molecular flexibility index (Phi) is 6.13. The third-order valence-electron chi connectivity index (χ3n) is 1.20. The monoisotopic (exact) mass is 183 g/mol. The second-order valence-electron chi connectivity index (χ2n) is 2.18. The minimum atomic E-state index is -0.560. The Bertz CT molecular complexity index is 213. The smallest absolute Gasteiger partial charge is 0.277 e. The average molecular weight is 183 g/mol. The first-order chi connectivity index (χ1) is 6.26. The van der Waals surface area contributed by atoms with Gasteiger partial charge in [0, 0.05) is 12.4 Å². The summed E-state index contributed by atoms with van der Waals surface area (Å²) in [6.45, 7) is 5.32. The maximum absolute atomic E-state index is 11.1. The van der Waals surface area contributed by atoms with Crippen molar-refractivity contribution in [1.29, 1.82) is 0 Å². The zero-order valence-electron chi connectivity index (χ0n) is 7.56. The van der Waals surface area contributed by atoms with Crippen LogP contribution in [0.15, 0.2) is 17.8 Å². The molecule has 5 nitrogen and oxygen atoms in total. The molecule has 0 aromatic rings. The van der Waals surface area contributed by atoms with Crippen LogP contribution in [0.5, 0.6) is 0 Å². The Balaban J connectivity index is 4.04. The molecule has 0 aliphatic carbocycles. The van der Waals surface area contributed by atoms with E-state index in [-0.39, 0.29) is 0 Å². The summed E-state index contributed by atoms with van der Waals surface area (Å²) in [5.41, 5.74) is 2.13. The van der Waals surface area contributed by atoms with Crippen molar-refractivity contribution in [2.24, 2.45) is 4.99 Å². The molecular formula is C8H13N3O2. The minimum Gasteiger partial charge on any atom is -0.277 e. The highest BCUT2D eigenvalue weighted by Crippen LogP contribution is 1.89.